The molecule has 8 nitrogen and oxygen atoms in total. The van der Waals surface area contributed by atoms with Gasteiger partial charge < -0.3 is 9.80 Å². The van der Waals surface area contributed by atoms with Crippen LogP contribution in [0, 0.1) is 23.7 Å². The van der Waals surface area contributed by atoms with Crippen LogP contribution < -0.4 is 16.4 Å². The number of fused-ring (bicyclic) bond motifs is 2. The molecule has 0 aromatic rings. The van der Waals surface area contributed by atoms with Crippen LogP contribution in [-0.4, -0.2) is 77.7 Å². The van der Waals surface area contributed by atoms with Crippen LogP contribution in [0.1, 0.15) is 44.9 Å². The standard InChI is InChI=1S/C24H35ClF3N5O3/c25-18-7-14(8-19(10-18)36-24(26,27)28)1-4-22(34)33-11-16-5-6-32(12-17(16)13-33)23(35)15-2-3-20-21(9-15)30-31-29-20/h1,4,14-21,29-31H,2-3,5-13H2. The van der Waals surface area contributed by atoms with E-state index in [2.05, 4.69) is 21.1 Å². The molecule has 5 rings (SSSR count). The molecule has 0 bridgehead atoms. The number of carbonyl (C=O) groups is 2. The van der Waals surface area contributed by atoms with Gasteiger partial charge in [-0.05, 0) is 68.8 Å². The van der Waals surface area contributed by atoms with Gasteiger partial charge in [0.05, 0.1) is 6.10 Å². The minimum absolute atomic E-state index is 0.0328. The number of piperidine rings is 1. The second-order valence-electron chi connectivity index (χ2n) is 11.1. The van der Waals surface area contributed by atoms with Crippen molar-refractivity contribution in [1.82, 2.24) is 26.2 Å². The highest BCUT2D eigenvalue weighted by Gasteiger charge is 2.43. The van der Waals surface area contributed by atoms with Crippen molar-refractivity contribution in [3.63, 3.8) is 0 Å². The first-order valence-corrected chi connectivity index (χ1v) is 13.5. The van der Waals surface area contributed by atoms with Crippen LogP contribution in [0.5, 0.6) is 0 Å². The number of amides is 2. The van der Waals surface area contributed by atoms with Crippen molar-refractivity contribution in [3.8, 4) is 0 Å². The van der Waals surface area contributed by atoms with E-state index in [1.807, 2.05) is 9.80 Å². The second kappa shape index (κ2) is 10.8. The first kappa shape index (κ1) is 26.2. The van der Waals surface area contributed by atoms with Gasteiger partial charge in [-0.2, -0.15) is 5.53 Å². The Morgan fingerprint density at radius 2 is 1.67 bits per heavy atom. The first-order chi connectivity index (χ1) is 17.1. The molecule has 12 heteroatoms. The zero-order valence-electron chi connectivity index (χ0n) is 20.2. The predicted molar refractivity (Wildman–Crippen MR) is 126 cm³/mol. The lowest BCUT2D eigenvalue weighted by atomic mass is 9.81. The Labute approximate surface area is 214 Å². The van der Waals surface area contributed by atoms with E-state index in [9.17, 15) is 22.8 Å². The zero-order valence-corrected chi connectivity index (χ0v) is 20.9. The number of allylic oxidation sites excluding steroid dienone is 1. The highest BCUT2D eigenvalue weighted by atomic mass is 35.5. The maximum Gasteiger partial charge on any atom is 0.522 e. The van der Waals surface area contributed by atoms with Gasteiger partial charge in [-0.25, -0.2) is 10.9 Å². The number of hydrogen-bond donors (Lipinski definition) is 3. The molecular formula is C24H35ClF3N5O3. The van der Waals surface area contributed by atoms with Gasteiger partial charge in [0.25, 0.3) is 0 Å². The van der Waals surface area contributed by atoms with Crippen molar-refractivity contribution < 1.29 is 27.5 Å². The van der Waals surface area contributed by atoms with E-state index in [-0.39, 0.29) is 48.5 Å². The topological polar surface area (TPSA) is 85.9 Å². The molecule has 36 heavy (non-hydrogen) atoms. The quantitative estimate of drug-likeness (QED) is 0.380. The molecule has 202 valence electrons. The van der Waals surface area contributed by atoms with Gasteiger partial charge in [-0.3, -0.25) is 14.3 Å². The lowest BCUT2D eigenvalue weighted by Gasteiger charge is -2.38. The third-order valence-electron chi connectivity index (χ3n) is 8.59. The Bertz CT molecular complexity index is 861. The summed E-state index contributed by atoms with van der Waals surface area (Å²) in [7, 11) is 0. The fourth-order valence-electron chi connectivity index (χ4n) is 6.77. The molecule has 3 N–H and O–H groups in total. The summed E-state index contributed by atoms with van der Waals surface area (Å²) in [6.45, 7) is 2.67. The molecule has 3 heterocycles. The van der Waals surface area contributed by atoms with Crippen LogP contribution in [0.2, 0.25) is 0 Å². The van der Waals surface area contributed by atoms with Crippen molar-refractivity contribution >= 4 is 23.4 Å². The molecule has 5 fully saturated rings. The highest BCUT2D eigenvalue weighted by molar-refractivity contribution is 6.20. The van der Waals surface area contributed by atoms with Crippen LogP contribution in [0.15, 0.2) is 12.2 Å². The van der Waals surface area contributed by atoms with Crippen LogP contribution in [-0.2, 0) is 14.3 Å². The highest BCUT2D eigenvalue weighted by Crippen LogP contribution is 2.36. The molecule has 5 aliphatic rings. The fraction of sp³-hybridized carbons (Fsp3) is 0.833. The first-order valence-electron chi connectivity index (χ1n) is 13.0. The second-order valence-corrected chi connectivity index (χ2v) is 11.7. The number of nitrogens with zero attached hydrogens (tertiary/aromatic N) is 2. The van der Waals surface area contributed by atoms with Crippen LogP contribution in [0.4, 0.5) is 13.2 Å². The molecule has 2 aliphatic carbocycles. The predicted octanol–water partition coefficient (Wildman–Crippen LogP) is 2.31. The maximum absolute atomic E-state index is 13.2. The van der Waals surface area contributed by atoms with Crippen molar-refractivity contribution in [2.75, 3.05) is 26.2 Å². The van der Waals surface area contributed by atoms with Gasteiger partial charge in [0.2, 0.25) is 11.8 Å². The molecule has 0 aromatic heterocycles. The molecule has 8 unspecified atom stereocenters. The van der Waals surface area contributed by atoms with E-state index in [0.29, 0.717) is 38.0 Å². The smallest absolute Gasteiger partial charge is 0.342 e. The molecular weight excluding hydrogens is 499 g/mol. The van der Waals surface area contributed by atoms with Crippen LogP contribution >= 0.6 is 11.6 Å². The molecule has 0 radical (unpaired) electrons. The monoisotopic (exact) mass is 533 g/mol. The Morgan fingerprint density at radius 3 is 2.47 bits per heavy atom. The summed E-state index contributed by atoms with van der Waals surface area (Å²) in [4.78, 5) is 29.9. The number of halogens is 4. The Balaban J connectivity index is 1.11. The minimum Gasteiger partial charge on any atom is -0.342 e. The average molecular weight is 534 g/mol. The van der Waals surface area contributed by atoms with Crippen LogP contribution in [0.25, 0.3) is 0 Å². The molecule has 0 aromatic carbocycles. The summed E-state index contributed by atoms with van der Waals surface area (Å²) >= 11 is 6.16. The van der Waals surface area contributed by atoms with E-state index < -0.39 is 17.8 Å². The maximum atomic E-state index is 13.2. The van der Waals surface area contributed by atoms with E-state index in [1.165, 1.54) is 6.08 Å². The number of hydrazine groups is 2. The average Bonchev–Trinajstić information content (AvgIpc) is 3.46. The molecule has 2 amide bonds. The third-order valence-corrected chi connectivity index (χ3v) is 8.95. The SMILES string of the molecule is O=C(C=CC1CC(Cl)CC(OC(F)(F)F)C1)N1CC2CCN(C(=O)C3CCC4NNNC4C3)CC2C1. The van der Waals surface area contributed by atoms with Gasteiger partial charge in [0.1, 0.15) is 0 Å². The van der Waals surface area contributed by atoms with Gasteiger partial charge >= 0.3 is 6.36 Å². The number of nitrogens with one attached hydrogen (secondary N) is 3. The van der Waals surface area contributed by atoms with E-state index in [1.54, 1.807) is 6.08 Å². The van der Waals surface area contributed by atoms with Crippen molar-refractivity contribution in [3.05, 3.63) is 12.2 Å². The number of ether oxygens (including phenoxy) is 1. The number of hydrogen-bond acceptors (Lipinski definition) is 6. The normalized spacial score (nSPS) is 39.3. The van der Waals surface area contributed by atoms with E-state index >= 15 is 0 Å². The summed E-state index contributed by atoms with van der Waals surface area (Å²) in [5, 5.41) is -0.416. The summed E-state index contributed by atoms with van der Waals surface area (Å²) in [5.41, 5.74) is 9.37. The molecule has 0 spiro atoms. The summed E-state index contributed by atoms with van der Waals surface area (Å²) in [6.07, 6.45) is 1.92. The van der Waals surface area contributed by atoms with Gasteiger partial charge in [-0.1, -0.05) is 6.08 Å². The molecule has 8 atom stereocenters. The Kier molecular flexibility index (Phi) is 7.84. The van der Waals surface area contributed by atoms with Gasteiger partial charge in [0, 0.05) is 49.6 Å². The molecule has 3 saturated heterocycles. The summed E-state index contributed by atoms with van der Waals surface area (Å²) in [6, 6.07) is 0.638. The zero-order chi connectivity index (χ0) is 25.4. The Morgan fingerprint density at radius 1 is 0.917 bits per heavy atom. The Hall–Kier alpha value is -1.40. The van der Waals surface area contributed by atoms with Crippen LogP contribution in [0.3, 0.4) is 0 Å². The number of rotatable bonds is 4. The largest absolute Gasteiger partial charge is 0.522 e. The fourth-order valence-corrected chi connectivity index (χ4v) is 7.20. The minimum atomic E-state index is -4.69. The number of alkyl halides is 4. The van der Waals surface area contributed by atoms with Crippen molar-refractivity contribution in [2.45, 2.75) is 74.9 Å². The lowest BCUT2D eigenvalue weighted by Crippen LogP contribution is -2.49. The van der Waals surface area contributed by atoms with E-state index in [0.717, 1.165) is 32.2 Å². The summed E-state index contributed by atoms with van der Waals surface area (Å²) < 4.78 is 42.0. The van der Waals surface area contributed by atoms with Gasteiger partial charge in [0.15, 0.2) is 0 Å². The molecule has 2 saturated carbocycles. The lowest BCUT2D eigenvalue weighted by molar-refractivity contribution is -0.345. The van der Waals surface area contributed by atoms with Crippen molar-refractivity contribution in [1.29, 1.82) is 0 Å². The summed E-state index contributed by atoms with van der Waals surface area (Å²) in [5.74, 6) is 0.539. The third kappa shape index (κ3) is 6.18. The number of carbonyl (C=O) groups excluding carboxylic acids is 2. The molecule has 3 aliphatic heterocycles. The van der Waals surface area contributed by atoms with Gasteiger partial charge in [-0.15, -0.1) is 24.8 Å². The van der Waals surface area contributed by atoms with E-state index in [4.69, 9.17) is 11.6 Å². The van der Waals surface area contributed by atoms with Crippen molar-refractivity contribution in [2.24, 2.45) is 23.7 Å². The number of likely N-dealkylation sites (tertiary alicyclic amines) is 2.